The lowest BCUT2D eigenvalue weighted by molar-refractivity contribution is 0.0778. The molecule has 8 heteroatoms. The minimum Gasteiger partial charge on any atom is -0.336 e. The molecule has 27 heavy (non-hydrogen) atoms. The fraction of sp³-hybridized carbons (Fsp3) is 0.316. The molecule has 3 aromatic rings. The number of aryl methyl sites for hydroxylation is 1. The molecule has 0 saturated carbocycles. The Morgan fingerprint density at radius 3 is 2.74 bits per heavy atom. The number of hydrogen-bond donors (Lipinski definition) is 1. The summed E-state index contributed by atoms with van der Waals surface area (Å²) in [5.41, 5.74) is 1.89. The molecule has 4 rings (SSSR count). The number of aromatic nitrogens is 5. The average Bonchev–Trinajstić information content (AvgIpc) is 3.35. The molecule has 1 aromatic carbocycles. The van der Waals surface area contributed by atoms with Gasteiger partial charge < -0.3 is 4.90 Å². The zero-order chi connectivity index (χ0) is 18.8. The van der Waals surface area contributed by atoms with Crippen molar-refractivity contribution >= 4 is 5.91 Å². The first-order valence-electron chi connectivity index (χ1n) is 8.77. The van der Waals surface area contributed by atoms with E-state index in [0.29, 0.717) is 24.7 Å². The Bertz CT molecular complexity index is 927. The van der Waals surface area contributed by atoms with Crippen molar-refractivity contribution in [3.8, 4) is 11.4 Å². The second-order valence-corrected chi connectivity index (χ2v) is 6.68. The largest absolute Gasteiger partial charge is 0.336 e. The van der Waals surface area contributed by atoms with Gasteiger partial charge in [-0.1, -0.05) is 30.3 Å². The molecule has 1 saturated heterocycles. The zero-order valence-electron chi connectivity index (χ0n) is 14.8. The second kappa shape index (κ2) is 7.22. The van der Waals surface area contributed by atoms with E-state index < -0.39 is 6.67 Å². The normalized spacial score (nSPS) is 19.4. The molecule has 138 valence electrons. The van der Waals surface area contributed by atoms with E-state index in [1.165, 1.54) is 6.20 Å². The topological polar surface area (TPSA) is 87.7 Å². The summed E-state index contributed by atoms with van der Waals surface area (Å²) in [4.78, 5) is 27.1. The van der Waals surface area contributed by atoms with Crippen molar-refractivity contribution in [1.82, 2.24) is 30.0 Å². The number of carbonyl (C=O) groups excluding carboxylic acids is 1. The molecule has 0 spiro atoms. The van der Waals surface area contributed by atoms with Crippen LogP contribution in [-0.2, 0) is 0 Å². The zero-order valence-corrected chi connectivity index (χ0v) is 14.8. The Morgan fingerprint density at radius 1 is 1.22 bits per heavy atom. The summed E-state index contributed by atoms with van der Waals surface area (Å²) in [5, 5.41) is 7.18. The molecule has 0 aliphatic carbocycles. The summed E-state index contributed by atoms with van der Waals surface area (Å²) in [6, 6.07) is 9.58. The van der Waals surface area contributed by atoms with E-state index in [-0.39, 0.29) is 23.4 Å². The third-order valence-electron chi connectivity index (χ3n) is 4.81. The van der Waals surface area contributed by atoms with Crippen LogP contribution < -0.4 is 0 Å². The summed E-state index contributed by atoms with van der Waals surface area (Å²) in [5.74, 6) is 0.358. The number of carbonyl (C=O) groups is 1. The van der Waals surface area contributed by atoms with Crippen LogP contribution in [0.4, 0.5) is 4.39 Å². The fourth-order valence-electron chi connectivity index (χ4n) is 3.32. The highest BCUT2D eigenvalue weighted by molar-refractivity contribution is 5.92. The molecule has 0 radical (unpaired) electrons. The van der Waals surface area contributed by atoms with Crippen LogP contribution in [0.15, 0.2) is 42.7 Å². The molecule has 1 N–H and O–H groups in total. The number of alkyl halides is 1. The lowest BCUT2D eigenvalue weighted by atomic mass is 9.97. The maximum atomic E-state index is 13.6. The number of benzene rings is 1. The number of hydrogen-bond acceptors (Lipinski definition) is 5. The number of H-pyrrole nitrogens is 1. The number of amides is 1. The molecule has 0 bridgehead atoms. The predicted octanol–water partition coefficient (Wildman–Crippen LogP) is 2.40. The number of likely N-dealkylation sites (tertiary alicyclic amines) is 1. The van der Waals surface area contributed by atoms with E-state index in [9.17, 15) is 9.18 Å². The first-order valence-corrected chi connectivity index (χ1v) is 8.77. The van der Waals surface area contributed by atoms with E-state index >= 15 is 0 Å². The average molecular weight is 366 g/mol. The maximum Gasteiger partial charge on any atom is 0.274 e. The van der Waals surface area contributed by atoms with Crippen molar-refractivity contribution in [2.24, 2.45) is 5.92 Å². The van der Waals surface area contributed by atoms with Gasteiger partial charge in [0.15, 0.2) is 5.82 Å². The minimum absolute atomic E-state index is 0.234. The molecule has 1 aliphatic rings. The molecule has 2 atom stereocenters. The van der Waals surface area contributed by atoms with Gasteiger partial charge in [0.25, 0.3) is 5.91 Å². The van der Waals surface area contributed by atoms with E-state index in [4.69, 9.17) is 0 Å². The molecular weight excluding hydrogens is 347 g/mol. The summed E-state index contributed by atoms with van der Waals surface area (Å²) in [7, 11) is 0. The quantitative estimate of drug-likeness (QED) is 0.766. The van der Waals surface area contributed by atoms with E-state index in [1.807, 2.05) is 30.3 Å². The highest BCUT2D eigenvalue weighted by atomic mass is 19.1. The Labute approximate surface area is 155 Å². The van der Waals surface area contributed by atoms with Crippen molar-refractivity contribution in [3.05, 3.63) is 59.9 Å². The third kappa shape index (κ3) is 3.42. The maximum absolute atomic E-state index is 13.6. The van der Waals surface area contributed by atoms with Crippen molar-refractivity contribution in [3.63, 3.8) is 0 Å². The Balaban J connectivity index is 1.54. The lowest BCUT2D eigenvalue weighted by Crippen LogP contribution is -2.30. The van der Waals surface area contributed by atoms with Crippen LogP contribution in [0.2, 0.25) is 0 Å². The van der Waals surface area contributed by atoms with Crippen molar-refractivity contribution in [2.45, 2.75) is 12.8 Å². The summed E-state index contributed by atoms with van der Waals surface area (Å²) >= 11 is 0. The van der Waals surface area contributed by atoms with Gasteiger partial charge in [-0.15, -0.1) is 0 Å². The third-order valence-corrected chi connectivity index (χ3v) is 4.81. The highest BCUT2D eigenvalue weighted by Gasteiger charge is 2.38. The van der Waals surface area contributed by atoms with Gasteiger partial charge in [0.05, 0.1) is 18.6 Å². The first-order chi connectivity index (χ1) is 13.2. The van der Waals surface area contributed by atoms with Gasteiger partial charge in [-0.2, -0.15) is 5.10 Å². The van der Waals surface area contributed by atoms with Gasteiger partial charge in [0.1, 0.15) is 11.5 Å². The monoisotopic (exact) mass is 366 g/mol. The molecule has 7 nitrogen and oxygen atoms in total. The molecule has 2 unspecified atom stereocenters. The number of nitrogens with zero attached hydrogens (tertiary/aromatic N) is 5. The van der Waals surface area contributed by atoms with Crippen molar-refractivity contribution < 1.29 is 9.18 Å². The Kier molecular flexibility index (Phi) is 4.62. The van der Waals surface area contributed by atoms with Crippen molar-refractivity contribution in [2.75, 3.05) is 19.8 Å². The predicted molar refractivity (Wildman–Crippen MR) is 96.7 cm³/mol. The van der Waals surface area contributed by atoms with Crippen LogP contribution in [0.25, 0.3) is 11.4 Å². The van der Waals surface area contributed by atoms with Gasteiger partial charge >= 0.3 is 0 Å². The number of nitrogens with one attached hydrogen (secondary N) is 1. The van der Waals surface area contributed by atoms with Crippen LogP contribution in [0.5, 0.6) is 0 Å². The van der Waals surface area contributed by atoms with E-state index in [1.54, 1.807) is 18.0 Å². The second-order valence-electron chi connectivity index (χ2n) is 6.68. The molecule has 2 aromatic heterocycles. The number of halogens is 1. The summed E-state index contributed by atoms with van der Waals surface area (Å²) in [6.45, 7) is 1.96. The highest BCUT2D eigenvalue weighted by Crippen LogP contribution is 2.32. The van der Waals surface area contributed by atoms with Gasteiger partial charge in [-0.3, -0.25) is 19.3 Å². The van der Waals surface area contributed by atoms with E-state index in [0.717, 1.165) is 11.3 Å². The van der Waals surface area contributed by atoms with Gasteiger partial charge in [0.2, 0.25) is 0 Å². The van der Waals surface area contributed by atoms with Gasteiger partial charge in [0, 0.05) is 36.7 Å². The molecule has 1 aliphatic heterocycles. The van der Waals surface area contributed by atoms with Crippen LogP contribution in [0, 0.1) is 12.8 Å². The van der Waals surface area contributed by atoms with Crippen LogP contribution >= 0.6 is 0 Å². The SMILES string of the molecule is Cc1cnc(C(=O)N2CC(CF)C(c3nc(-c4ccccc4)n[nH]3)C2)cn1. The van der Waals surface area contributed by atoms with Gasteiger partial charge in [-0.25, -0.2) is 9.97 Å². The van der Waals surface area contributed by atoms with Crippen LogP contribution in [0.1, 0.15) is 27.9 Å². The van der Waals surface area contributed by atoms with Crippen LogP contribution in [0.3, 0.4) is 0 Å². The molecule has 3 heterocycles. The molecule has 1 fully saturated rings. The van der Waals surface area contributed by atoms with Crippen molar-refractivity contribution in [1.29, 1.82) is 0 Å². The molecule has 1 amide bonds. The van der Waals surface area contributed by atoms with E-state index in [2.05, 4.69) is 25.1 Å². The summed E-state index contributed by atoms with van der Waals surface area (Å²) in [6.07, 6.45) is 3.01. The Morgan fingerprint density at radius 2 is 2.04 bits per heavy atom. The lowest BCUT2D eigenvalue weighted by Gasteiger charge is -2.15. The Hall–Kier alpha value is -3.16. The number of aromatic amines is 1. The standard InChI is InChI=1S/C19H19FN6O/c1-12-8-22-16(9-21-12)19(27)26-10-14(7-20)15(11-26)18-23-17(24-25-18)13-5-3-2-4-6-13/h2-6,8-9,14-15H,7,10-11H2,1H3,(H,23,24,25). The minimum atomic E-state index is -0.532. The fourth-order valence-corrected chi connectivity index (χ4v) is 3.32. The molecular formula is C19H19FN6O. The first kappa shape index (κ1) is 17.3. The van der Waals surface area contributed by atoms with Crippen LogP contribution in [-0.4, -0.2) is 55.7 Å². The summed E-state index contributed by atoms with van der Waals surface area (Å²) < 4.78 is 13.6. The smallest absolute Gasteiger partial charge is 0.274 e. The number of rotatable bonds is 4. The van der Waals surface area contributed by atoms with Gasteiger partial charge in [-0.05, 0) is 6.92 Å².